The summed E-state index contributed by atoms with van der Waals surface area (Å²) < 4.78 is 0. The second kappa shape index (κ2) is 4.52. The summed E-state index contributed by atoms with van der Waals surface area (Å²) in [5, 5.41) is 19.1. The largest absolute Gasteiger partial charge is 0.388 e. The monoisotopic (exact) mass is 216 g/mol. The van der Waals surface area contributed by atoms with Crippen molar-refractivity contribution < 1.29 is 0 Å². The van der Waals surface area contributed by atoms with Crippen LogP contribution in [0.2, 0.25) is 0 Å². The number of nitrogens with two attached hydrogens (primary N) is 1. The van der Waals surface area contributed by atoms with E-state index >= 15 is 0 Å². The normalized spacial score (nSPS) is 10.2. The number of aromatic nitrogens is 4. The van der Waals surface area contributed by atoms with Gasteiger partial charge in [0.25, 0.3) is 0 Å². The van der Waals surface area contributed by atoms with E-state index in [-0.39, 0.29) is 5.84 Å². The van der Waals surface area contributed by atoms with Gasteiger partial charge in [0.05, 0.1) is 12.4 Å². The van der Waals surface area contributed by atoms with Crippen LogP contribution in [0.4, 0.5) is 0 Å². The molecule has 16 heavy (non-hydrogen) atoms. The van der Waals surface area contributed by atoms with Crippen LogP contribution in [-0.2, 0) is 6.54 Å². The molecule has 0 unspecified atom stereocenters. The third-order valence-corrected chi connectivity index (χ3v) is 2.07. The minimum atomic E-state index is 0.124. The fourth-order valence-electron chi connectivity index (χ4n) is 1.26. The Hall–Kier alpha value is -2.24. The predicted molar refractivity (Wildman–Crippen MR) is 59.8 cm³/mol. The number of tetrazole rings is 1. The van der Waals surface area contributed by atoms with Gasteiger partial charge in [0.1, 0.15) is 0 Å². The molecule has 3 N–H and O–H groups in total. The Morgan fingerprint density at radius 2 is 2.06 bits per heavy atom. The van der Waals surface area contributed by atoms with Crippen molar-refractivity contribution in [3.8, 4) is 11.4 Å². The van der Waals surface area contributed by atoms with Crippen LogP contribution in [0.5, 0.6) is 0 Å². The molecule has 0 aliphatic rings. The van der Waals surface area contributed by atoms with Gasteiger partial charge in [-0.25, -0.2) is 0 Å². The first-order valence-corrected chi connectivity index (χ1v) is 4.92. The first-order valence-electron chi connectivity index (χ1n) is 4.92. The molecule has 82 valence electrons. The third kappa shape index (κ3) is 2.41. The molecule has 6 nitrogen and oxygen atoms in total. The van der Waals surface area contributed by atoms with Crippen molar-refractivity contribution in [3.05, 3.63) is 30.3 Å². The molecular weight excluding hydrogens is 204 g/mol. The molecule has 0 bridgehead atoms. The standard InChI is InChI=1S/C10H12N6/c11-9(12)6-7-16-14-10(13-15-16)8-4-2-1-3-5-8/h1-5H,6-7H2,(H3,11,12). The van der Waals surface area contributed by atoms with Gasteiger partial charge in [-0.05, 0) is 5.21 Å². The van der Waals surface area contributed by atoms with Gasteiger partial charge in [-0.3, -0.25) is 5.41 Å². The van der Waals surface area contributed by atoms with Gasteiger partial charge in [-0.15, -0.1) is 10.2 Å². The highest BCUT2D eigenvalue weighted by molar-refractivity contribution is 5.76. The lowest BCUT2D eigenvalue weighted by Crippen LogP contribution is -2.14. The SMILES string of the molecule is N=C(N)CCn1nnc(-c2ccccc2)n1. The van der Waals surface area contributed by atoms with Crippen LogP contribution in [0, 0.1) is 5.41 Å². The molecule has 0 atom stereocenters. The van der Waals surface area contributed by atoms with Gasteiger partial charge in [0.2, 0.25) is 5.82 Å². The van der Waals surface area contributed by atoms with E-state index in [2.05, 4.69) is 15.4 Å². The van der Waals surface area contributed by atoms with Crippen LogP contribution in [-0.4, -0.2) is 26.0 Å². The smallest absolute Gasteiger partial charge is 0.204 e. The number of amidine groups is 1. The summed E-state index contributed by atoms with van der Waals surface area (Å²) in [7, 11) is 0. The van der Waals surface area contributed by atoms with Crippen LogP contribution in [0.3, 0.4) is 0 Å². The summed E-state index contributed by atoms with van der Waals surface area (Å²) in [6, 6.07) is 9.62. The van der Waals surface area contributed by atoms with E-state index in [9.17, 15) is 0 Å². The number of aryl methyl sites for hydroxylation is 1. The van der Waals surface area contributed by atoms with E-state index in [0.29, 0.717) is 18.8 Å². The molecule has 2 rings (SSSR count). The number of nitrogens with zero attached hydrogens (tertiary/aromatic N) is 4. The molecule has 0 spiro atoms. The van der Waals surface area contributed by atoms with Crippen molar-refractivity contribution in [1.82, 2.24) is 20.2 Å². The van der Waals surface area contributed by atoms with E-state index in [1.165, 1.54) is 4.80 Å². The maximum absolute atomic E-state index is 7.10. The quantitative estimate of drug-likeness (QED) is 0.580. The van der Waals surface area contributed by atoms with E-state index in [4.69, 9.17) is 11.1 Å². The Bertz CT molecular complexity index is 475. The Morgan fingerprint density at radius 3 is 2.75 bits per heavy atom. The number of hydrogen-bond donors (Lipinski definition) is 2. The molecule has 2 aromatic rings. The molecule has 0 saturated heterocycles. The minimum absolute atomic E-state index is 0.124. The zero-order valence-electron chi connectivity index (χ0n) is 8.67. The van der Waals surface area contributed by atoms with Crippen LogP contribution >= 0.6 is 0 Å². The number of rotatable bonds is 4. The lowest BCUT2D eigenvalue weighted by atomic mass is 10.2. The fraction of sp³-hybridized carbons (Fsp3) is 0.200. The molecule has 0 amide bonds. The van der Waals surface area contributed by atoms with Crippen molar-refractivity contribution in [2.24, 2.45) is 5.73 Å². The number of nitrogens with one attached hydrogen (secondary N) is 1. The molecule has 0 saturated carbocycles. The average Bonchev–Trinajstić information content (AvgIpc) is 2.76. The molecule has 6 heteroatoms. The van der Waals surface area contributed by atoms with Crippen molar-refractivity contribution in [3.63, 3.8) is 0 Å². The summed E-state index contributed by atoms with van der Waals surface area (Å²) in [6.45, 7) is 0.481. The third-order valence-electron chi connectivity index (χ3n) is 2.07. The van der Waals surface area contributed by atoms with Crippen molar-refractivity contribution in [2.75, 3.05) is 0 Å². The van der Waals surface area contributed by atoms with Gasteiger partial charge in [0.15, 0.2) is 0 Å². The van der Waals surface area contributed by atoms with Gasteiger partial charge >= 0.3 is 0 Å². The molecule has 1 heterocycles. The van der Waals surface area contributed by atoms with Crippen LogP contribution < -0.4 is 5.73 Å². The minimum Gasteiger partial charge on any atom is -0.388 e. The molecular formula is C10H12N6. The van der Waals surface area contributed by atoms with Crippen LogP contribution in [0.1, 0.15) is 6.42 Å². The molecule has 0 aliphatic heterocycles. The lowest BCUT2D eigenvalue weighted by Gasteiger charge is -1.96. The fourth-order valence-corrected chi connectivity index (χ4v) is 1.26. The first-order chi connectivity index (χ1) is 7.75. The first kappa shape index (κ1) is 10.3. The summed E-state index contributed by atoms with van der Waals surface area (Å²) in [6.07, 6.45) is 0.435. The Morgan fingerprint density at radius 1 is 1.31 bits per heavy atom. The zero-order chi connectivity index (χ0) is 11.4. The summed E-state index contributed by atoms with van der Waals surface area (Å²) >= 11 is 0. The van der Waals surface area contributed by atoms with Crippen molar-refractivity contribution >= 4 is 5.84 Å². The van der Waals surface area contributed by atoms with Gasteiger partial charge in [-0.2, -0.15) is 4.80 Å². The van der Waals surface area contributed by atoms with E-state index in [0.717, 1.165) is 5.56 Å². The van der Waals surface area contributed by atoms with E-state index < -0.39 is 0 Å². The highest BCUT2D eigenvalue weighted by atomic mass is 15.6. The maximum atomic E-state index is 7.10. The Kier molecular flexibility index (Phi) is 2.90. The molecule has 0 fully saturated rings. The second-order valence-electron chi connectivity index (χ2n) is 3.35. The van der Waals surface area contributed by atoms with Crippen LogP contribution in [0.15, 0.2) is 30.3 Å². The lowest BCUT2D eigenvalue weighted by molar-refractivity contribution is 0.534. The topological polar surface area (TPSA) is 93.5 Å². The summed E-state index contributed by atoms with van der Waals surface area (Å²) in [4.78, 5) is 1.45. The number of hydrogen-bond acceptors (Lipinski definition) is 4. The molecule has 1 aromatic carbocycles. The van der Waals surface area contributed by atoms with E-state index in [1.807, 2.05) is 30.3 Å². The Balaban J connectivity index is 2.11. The summed E-state index contributed by atoms with van der Waals surface area (Å²) in [5.41, 5.74) is 6.18. The predicted octanol–water partition coefficient (Wildman–Crippen LogP) is 0.666. The Labute approximate surface area is 92.6 Å². The van der Waals surface area contributed by atoms with Gasteiger partial charge in [0, 0.05) is 12.0 Å². The summed E-state index contributed by atoms with van der Waals surface area (Å²) in [5.74, 6) is 0.711. The van der Waals surface area contributed by atoms with E-state index in [1.54, 1.807) is 0 Å². The van der Waals surface area contributed by atoms with Crippen molar-refractivity contribution in [1.29, 1.82) is 5.41 Å². The second-order valence-corrected chi connectivity index (χ2v) is 3.35. The highest BCUT2D eigenvalue weighted by Crippen LogP contribution is 2.11. The molecule has 1 aromatic heterocycles. The number of benzene rings is 1. The zero-order valence-corrected chi connectivity index (χ0v) is 8.67. The highest BCUT2D eigenvalue weighted by Gasteiger charge is 2.04. The average molecular weight is 216 g/mol. The van der Waals surface area contributed by atoms with Crippen molar-refractivity contribution in [2.45, 2.75) is 13.0 Å². The molecule has 0 aliphatic carbocycles. The van der Waals surface area contributed by atoms with Gasteiger partial charge < -0.3 is 5.73 Å². The molecule has 0 radical (unpaired) electrons. The van der Waals surface area contributed by atoms with Crippen LogP contribution in [0.25, 0.3) is 11.4 Å². The maximum Gasteiger partial charge on any atom is 0.204 e. The van der Waals surface area contributed by atoms with Gasteiger partial charge in [-0.1, -0.05) is 30.3 Å².